The van der Waals surface area contributed by atoms with Crippen LogP contribution in [0.5, 0.6) is 0 Å². The maximum atomic E-state index is 12.9. The molecule has 0 atom stereocenters. The van der Waals surface area contributed by atoms with Crippen LogP contribution in [0.2, 0.25) is 5.02 Å². The molecule has 2 N–H and O–H groups in total. The monoisotopic (exact) mass is 458 g/mol. The highest BCUT2D eigenvalue weighted by atomic mass is 35.5. The number of aromatic nitrogens is 3. The second kappa shape index (κ2) is 9.01. The molecule has 0 spiro atoms. The lowest BCUT2D eigenvalue weighted by atomic mass is 10.2. The van der Waals surface area contributed by atoms with E-state index in [1.807, 2.05) is 4.90 Å². The summed E-state index contributed by atoms with van der Waals surface area (Å²) in [5.74, 6) is 0.302. The number of aryl methyl sites for hydroxylation is 1. The van der Waals surface area contributed by atoms with Gasteiger partial charge in [-0.3, -0.25) is 18.7 Å². The highest BCUT2D eigenvalue weighted by Crippen LogP contribution is 2.25. The molecule has 168 valence electrons. The topological polar surface area (TPSA) is 110 Å². The van der Waals surface area contributed by atoms with Crippen LogP contribution in [0, 0.1) is 0 Å². The number of hydrogen-bond acceptors (Lipinski definition) is 7. The van der Waals surface area contributed by atoms with Crippen molar-refractivity contribution in [1.29, 1.82) is 0 Å². The van der Waals surface area contributed by atoms with E-state index in [-0.39, 0.29) is 23.5 Å². The summed E-state index contributed by atoms with van der Waals surface area (Å²) in [5.41, 5.74) is 0.333. The number of anilines is 3. The van der Waals surface area contributed by atoms with Crippen LogP contribution in [0.3, 0.4) is 0 Å². The lowest BCUT2D eigenvalue weighted by Crippen LogP contribution is -2.39. The van der Waals surface area contributed by atoms with Gasteiger partial charge in [-0.1, -0.05) is 11.6 Å². The molecule has 1 aromatic carbocycles. The number of fused-ring (bicyclic) bond motifs is 1. The Labute approximate surface area is 188 Å². The SMILES string of the molecule is Cn1c(=O)c2c(NCC(=O)Nc3ccc(Cl)cc3)cc(N3CCOCC3)nc2n(C)c1=O. The Morgan fingerprint density at radius 2 is 1.81 bits per heavy atom. The molecule has 32 heavy (non-hydrogen) atoms. The molecule has 10 nitrogen and oxygen atoms in total. The van der Waals surface area contributed by atoms with E-state index in [2.05, 4.69) is 15.6 Å². The van der Waals surface area contributed by atoms with Gasteiger partial charge in [-0.15, -0.1) is 0 Å². The van der Waals surface area contributed by atoms with Crippen LogP contribution in [0.25, 0.3) is 11.0 Å². The minimum Gasteiger partial charge on any atom is -0.378 e. The highest BCUT2D eigenvalue weighted by Gasteiger charge is 2.20. The zero-order valence-corrected chi connectivity index (χ0v) is 18.5. The smallest absolute Gasteiger partial charge is 0.332 e. The van der Waals surface area contributed by atoms with Gasteiger partial charge in [0, 0.05) is 44.0 Å². The first-order chi connectivity index (χ1) is 15.3. The first-order valence-electron chi connectivity index (χ1n) is 10.1. The van der Waals surface area contributed by atoms with Crippen molar-refractivity contribution in [2.24, 2.45) is 14.1 Å². The Morgan fingerprint density at radius 3 is 2.50 bits per heavy atom. The highest BCUT2D eigenvalue weighted by molar-refractivity contribution is 6.30. The summed E-state index contributed by atoms with van der Waals surface area (Å²) in [7, 11) is 2.98. The summed E-state index contributed by atoms with van der Waals surface area (Å²) in [6.07, 6.45) is 0. The van der Waals surface area contributed by atoms with Gasteiger partial charge in [0.15, 0.2) is 5.65 Å². The number of rotatable bonds is 5. The molecule has 0 saturated carbocycles. The number of amides is 1. The van der Waals surface area contributed by atoms with Crippen molar-refractivity contribution >= 4 is 45.7 Å². The molecule has 0 bridgehead atoms. The second-order valence-corrected chi connectivity index (χ2v) is 7.88. The van der Waals surface area contributed by atoms with Crippen molar-refractivity contribution in [3.8, 4) is 0 Å². The number of benzene rings is 1. The Morgan fingerprint density at radius 1 is 1.12 bits per heavy atom. The van der Waals surface area contributed by atoms with Crippen LogP contribution in [0.1, 0.15) is 0 Å². The summed E-state index contributed by atoms with van der Waals surface area (Å²) in [4.78, 5) is 44.4. The van der Waals surface area contributed by atoms with Crippen molar-refractivity contribution in [2.45, 2.75) is 0 Å². The molecule has 2 aromatic heterocycles. The Kier molecular flexibility index (Phi) is 6.15. The normalized spacial score (nSPS) is 13.9. The minimum absolute atomic E-state index is 0.0870. The van der Waals surface area contributed by atoms with Gasteiger partial charge in [-0.2, -0.15) is 0 Å². The molecule has 1 aliphatic heterocycles. The fraction of sp³-hybridized carbons (Fsp3) is 0.333. The van der Waals surface area contributed by atoms with Crippen LogP contribution in [-0.4, -0.2) is 52.9 Å². The van der Waals surface area contributed by atoms with E-state index in [0.717, 1.165) is 4.57 Å². The van der Waals surface area contributed by atoms with E-state index in [1.165, 1.54) is 11.6 Å². The summed E-state index contributed by atoms with van der Waals surface area (Å²) >= 11 is 5.88. The number of nitrogens with one attached hydrogen (secondary N) is 2. The summed E-state index contributed by atoms with van der Waals surface area (Å²) in [5, 5.41) is 6.63. The zero-order valence-electron chi connectivity index (χ0n) is 17.7. The van der Waals surface area contributed by atoms with Crippen molar-refractivity contribution in [3.63, 3.8) is 0 Å². The van der Waals surface area contributed by atoms with Gasteiger partial charge in [0.2, 0.25) is 5.91 Å². The Bertz CT molecular complexity index is 1280. The van der Waals surface area contributed by atoms with E-state index in [9.17, 15) is 14.4 Å². The molecule has 0 radical (unpaired) electrons. The van der Waals surface area contributed by atoms with Gasteiger partial charge < -0.3 is 20.3 Å². The van der Waals surface area contributed by atoms with Crippen LogP contribution >= 0.6 is 11.6 Å². The fourth-order valence-electron chi connectivity index (χ4n) is 3.55. The van der Waals surface area contributed by atoms with E-state index in [0.29, 0.717) is 48.5 Å². The van der Waals surface area contributed by atoms with Gasteiger partial charge in [-0.25, -0.2) is 9.78 Å². The minimum atomic E-state index is -0.482. The third kappa shape index (κ3) is 4.32. The van der Waals surface area contributed by atoms with Gasteiger partial charge in [0.25, 0.3) is 5.56 Å². The maximum absolute atomic E-state index is 12.9. The number of carbonyl (C=O) groups is 1. The van der Waals surface area contributed by atoms with Crippen LogP contribution in [0.15, 0.2) is 39.9 Å². The molecule has 1 amide bonds. The molecule has 1 saturated heterocycles. The van der Waals surface area contributed by atoms with E-state index in [4.69, 9.17) is 16.3 Å². The summed E-state index contributed by atoms with van der Waals surface area (Å²) in [6, 6.07) is 8.49. The third-order valence-corrected chi connectivity index (χ3v) is 5.55. The number of nitrogens with zero attached hydrogens (tertiary/aromatic N) is 4. The molecule has 3 heterocycles. The molecular formula is C21H23ClN6O4. The fourth-order valence-corrected chi connectivity index (χ4v) is 3.68. The molecule has 0 aliphatic carbocycles. The van der Waals surface area contributed by atoms with E-state index < -0.39 is 11.2 Å². The number of halogens is 1. The molecule has 3 aromatic rings. The van der Waals surface area contributed by atoms with Gasteiger partial charge in [0.05, 0.1) is 25.4 Å². The van der Waals surface area contributed by atoms with Gasteiger partial charge in [-0.05, 0) is 24.3 Å². The predicted octanol–water partition coefficient (Wildman–Crippen LogP) is 1.17. The third-order valence-electron chi connectivity index (χ3n) is 5.30. The number of hydrogen-bond donors (Lipinski definition) is 2. The lowest BCUT2D eigenvalue weighted by molar-refractivity contribution is -0.114. The van der Waals surface area contributed by atoms with Crippen LogP contribution < -0.4 is 26.8 Å². The number of ether oxygens (including phenoxy) is 1. The second-order valence-electron chi connectivity index (χ2n) is 7.44. The Balaban J connectivity index is 1.69. The number of pyridine rings is 1. The standard InChI is InChI=1S/C21H23ClN6O4/c1-26-19-18(20(30)27(2)21(26)31)15(11-16(25-19)28-7-9-32-10-8-28)23-12-17(29)24-14-5-3-13(22)4-6-14/h3-6,11H,7-10,12H2,1-2H3,(H,23,25)(H,24,29). The van der Waals surface area contributed by atoms with Gasteiger partial charge >= 0.3 is 5.69 Å². The van der Waals surface area contributed by atoms with E-state index in [1.54, 1.807) is 37.4 Å². The predicted molar refractivity (Wildman–Crippen MR) is 124 cm³/mol. The molecular weight excluding hydrogens is 436 g/mol. The van der Waals surface area contributed by atoms with Crippen molar-refractivity contribution in [3.05, 3.63) is 56.2 Å². The van der Waals surface area contributed by atoms with Crippen LogP contribution in [-0.2, 0) is 23.6 Å². The zero-order chi connectivity index (χ0) is 22.8. The summed E-state index contributed by atoms with van der Waals surface area (Å²) < 4.78 is 7.76. The average molecular weight is 459 g/mol. The quantitative estimate of drug-likeness (QED) is 0.590. The number of morpholine rings is 1. The molecule has 1 fully saturated rings. The number of carbonyl (C=O) groups excluding carboxylic acids is 1. The van der Waals surface area contributed by atoms with Crippen LogP contribution in [0.4, 0.5) is 17.2 Å². The molecule has 11 heteroatoms. The average Bonchev–Trinajstić information content (AvgIpc) is 2.81. The maximum Gasteiger partial charge on any atom is 0.332 e. The van der Waals surface area contributed by atoms with Crippen molar-refractivity contribution < 1.29 is 9.53 Å². The molecule has 0 unspecified atom stereocenters. The Hall–Kier alpha value is -3.37. The molecule has 4 rings (SSSR count). The lowest BCUT2D eigenvalue weighted by Gasteiger charge is -2.28. The van der Waals surface area contributed by atoms with E-state index >= 15 is 0 Å². The summed E-state index contributed by atoms with van der Waals surface area (Å²) in [6.45, 7) is 2.29. The first-order valence-corrected chi connectivity index (χ1v) is 10.5. The largest absolute Gasteiger partial charge is 0.378 e. The van der Waals surface area contributed by atoms with Crippen molar-refractivity contribution in [2.75, 3.05) is 48.4 Å². The van der Waals surface area contributed by atoms with Crippen molar-refractivity contribution in [1.82, 2.24) is 14.1 Å². The van der Waals surface area contributed by atoms with Gasteiger partial charge in [0.1, 0.15) is 11.2 Å². The first kappa shape index (κ1) is 21.8. The molecule has 1 aliphatic rings.